The van der Waals surface area contributed by atoms with Crippen molar-refractivity contribution in [1.29, 1.82) is 0 Å². The van der Waals surface area contributed by atoms with Gasteiger partial charge in [-0.25, -0.2) is 4.79 Å². The summed E-state index contributed by atoms with van der Waals surface area (Å²) >= 11 is 0. The molecule has 0 aliphatic heterocycles. The number of carboxylic acid groups (broad SMARTS) is 1. The van der Waals surface area contributed by atoms with Crippen LogP contribution in [-0.2, 0) is 4.79 Å². The number of nitrogens with one attached hydrogen (secondary N) is 2. The summed E-state index contributed by atoms with van der Waals surface area (Å²) in [4.78, 5) is 22.1. The van der Waals surface area contributed by atoms with E-state index in [1.807, 2.05) is 6.92 Å². The van der Waals surface area contributed by atoms with Crippen molar-refractivity contribution < 1.29 is 14.7 Å². The molecule has 1 saturated carbocycles. The van der Waals surface area contributed by atoms with Crippen molar-refractivity contribution >= 4 is 12.0 Å². The summed E-state index contributed by atoms with van der Waals surface area (Å²) in [7, 11) is 0. The van der Waals surface area contributed by atoms with Crippen LogP contribution in [0.25, 0.3) is 0 Å². The lowest BCUT2D eigenvalue weighted by molar-refractivity contribution is -0.137. The van der Waals surface area contributed by atoms with E-state index in [1.165, 1.54) is 12.8 Å². The number of rotatable bonds is 6. The third kappa shape index (κ3) is 5.38. The minimum absolute atomic E-state index is 0.0149. The highest BCUT2D eigenvalue weighted by molar-refractivity contribution is 5.74. The monoisotopic (exact) mass is 256 g/mol. The Morgan fingerprint density at radius 2 is 2.11 bits per heavy atom. The first-order chi connectivity index (χ1) is 8.49. The highest BCUT2D eigenvalue weighted by Gasteiger charge is 2.24. The summed E-state index contributed by atoms with van der Waals surface area (Å²) < 4.78 is 0. The SMILES string of the molecule is CC(CCCC(=O)O)NC(=O)NC1CCCC1C. The van der Waals surface area contributed by atoms with Crippen molar-refractivity contribution in [2.75, 3.05) is 0 Å². The lowest BCUT2D eigenvalue weighted by Crippen LogP contribution is -2.46. The number of carbonyl (C=O) groups is 2. The molecule has 3 atom stereocenters. The number of hydrogen-bond acceptors (Lipinski definition) is 2. The highest BCUT2D eigenvalue weighted by Crippen LogP contribution is 2.24. The minimum Gasteiger partial charge on any atom is -0.481 e. The molecule has 3 N–H and O–H groups in total. The fourth-order valence-corrected chi connectivity index (χ4v) is 2.43. The largest absolute Gasteiger partial charge is 0.481 e. The van der Waals surface area contributed by atoms with Crippen molar-refractivity contribution in [2.45, 2.75) is 64.5 Å². The molecule has 1 aliphatic carbocycles. The summed E-state index contributed by atoms with van der Waals surface area (Å²) in [5.74, 6) is -0.232. The van der Waals surface area contributed by atoms with E-state index in [0.717, 1.165) is 6.42 Å². The maximum Gasteiger partial charge on any atom is 0.315 e. The third-order valence-corrected chi connectivity index (χ3v) is 3.58. The molecule has 18 heavy (non-hydrogen) atoms. The summed E-state index contributed by atoms with van der Waals surface area (Å²) in [6.45, 7) is 4.06. The molecular weight excluding hydrogens is 232 g/mol. The van der Waals surface area contributed by atoms with E-state index < -0.39 is 5.97 Å². The molecule has 0 spiro atoms. The van der Waals surface area contributed by atoms with Crippen molar-refractivity contribution in [2.24, 2.45) is 5.92 Å². The Labute approximate surface area is 108 Å². The van der Waals surface area contributed by atoms with Gasteiger partial charge < -0.3 is 15.7 Å². The molecule has 0 radical (unpaired) electrons. The zero-order valence-corrected chi connectivity index (χ0v) is 11.2. The van der Waals surface area contributed by atoms with Crippen LogP contribution in [0.15, 0.2) is 0 Å². The van der Waals surface area contributed by atoms with Gasteiger partial charge in [-0.3, -0.25) is 4.79 Å². The molecule has 1 fully saturated rings. The molecule has 0 aromatic rings. The Kier molecular flexibility index (Phi) is 5.95. The van der Waals surface area contributed by atoms with Crippen LogP contribution in [0.1, 0.15) is 52.4 Å². The van der Waals surface area contributed by atoms with Crippen molar-refractivity contribution in [3.8, 4) is 0 Å². The average Bonchev–Trinajstić information content (AvgIpc) is 2.63. The van der Waals surface area contributed by atoms with E-state index in [-0.39, 0.29) is 24.5 Å². The Hall–Kier alpha value is -1.26. The lowest BCUT2D eigenvalue weighted by atomic mass is 10.1. The summed E-state index contributed by atoms with van der Waals surface area (Å²) in [6.07, 6.45) is 4.87. The lowest BCUT2D eigenvalue weighted by Gasteiger charge is -2.20. The van der Waals surface area contributed by atoms with Crippen LogP contribution in [0.5, 0.6) is 0 Å². The average molecular weight is 256 g/mol. The van der Waals surface area contributed by atoms with Crippen LogP contribution in [-0.4, -0.2) is 29.2 Å². The Bertz CT molecular complexity index is 294. The second-order valence-corrected chi connectivity index (χ2v) is 5.32. The molecule has 0 aromatic heterocycles. The van der Waals surface area contributed by atoms with E-state index >= 15 is 0 Å². The molecule has 104 valence electrons. The molecule has 0 heterocycles. The molecule has 2 amide bonds. The van der Waals surface area contributed by atoms with E-state index in [4.69, 9.17) is 5.11 Å². The number of hydrogen-bond donors (Lipinski definition) is 3. The topological polar surface area (TPSA) is 78.4 Å². The van der Waals surface area contributed by atoms with Gasteiger partial charge in [-0.2, -0.15) is 0 Å². The first-order valence-corrected chi connectivity index (χ1v) is 6.78. The second kappa shape index (κ2) is 7.24. The number of amides is 2. The van der Waals surface area contributed by atoms with Crippen LogP contribution in [0.3, 0.4) is 0 Å². The maximum atomic E-state index is 11.7. The third-order valence-electron chi connectivity index (χ3n) is 3.58. The van der Waals surface area contributed by atoms with Gasteiger partial charge in [0.2, 0.25) is 0 Å². The van der Waals surface area contributed by atoms with Gasteiger partial charge in [0.15, 0.2) is 0 Å². The number of aliphatic carboxylic acids is 1. The van der Waals surface area contributed by atoms with E-state index in [2.05, 4.69) is 17.6 Å². The standard InChI is InChI=1S/C13H24N2O3/c1-9-5-3-7-11(9)15-13(18)14-10(2)6-4-8-12(16)17/h9-11H,3-8H2,1-2H3,(H,16,17)(H2,14,15,18). The molecular formula is C13H24N2O3. The molecule has 0 saturated heterocycles. The first kappa shape index (κ1) is 14.8. The van der Waals surface area contributed by atoms with E-state index in [9.17, 15) is 9.59 Å². The van der Waals surface area contributed by atoms with Crippen LogP contribution >= 0.6 is 0 Å². The molecule has 5 nitrogen and oxygen atoms in total. The predicted octanol–water partition coefficient (Wildman–Crippen LogP) is 2.12. The molecule has 5 heteroatoms. The molecule has 0 aromatic carbocycles. The Morgan fingerprint density at radius 3 is 2.67 bits per heavy atom. The summed E-state index contributed by atoms with van der Waals surface area (Å²) in [6, 6.07) is 0.175. The van der Waals surface area contributed by atoms with Crippen LogP contribution in [0.2, 0.25) is 0 Å². The van der Waals surface area contributed by atoms with Crippen LogP contribution in [0, 0.1) is 5.92 Å². The number of carboxylic acids is 1. The van der Waals surface area contributed by atoms with E-state index in [1.54, 1.807) is 0 Å². The quantitative estimate of drug-likeness (QED) is 0.681. The van der Waals surface area contributed by atoms with Gasteiger partial charge in [-0.1, -0.05) is 13.3 Å². The van der Waals surface area contributed by atoms with Crippen LogP contribution in [0.4, 0.5) is 4.79 Å². The van der Waals surface area contributed by atoms with Crippen molar-refractivity contribution in [1.82, 2.24) is 10.6 Å². The van der Waals surface area contributed by atoms with Crippen molar-refractivity contribution in [3.05, 3.63) is 0 Å². The molecule has 0 bridgehead atoms. The fraction of sp³-hybridized carbons (Fsp3) is 0.846. The predicted molar refractivity (Wildman–Crippen MR) is 69.4 cm³/mol. The second-order valence-electron chi connectivity index (χ2n) is 5.32. The number of carbonyl (C=O) groups excluding carboxylic acids is 1. The van der Waals surface area contributed by atoms with Crippen molar-refractivity contribution in [3.63, 3.8) is 0 Å². The zero-order chi connectivity index (χ0) is 13.5. The van der Waals surface area contributed by atoms with E-state index in [0.29, 0.717) is 18.8 Å². The smallest absolute Gasteiger partial charge is 0.315 e. The van der Waals surface area contributed by atoms with Gasteiger partial charge in [0.1, 0.15) is 0 Å². The molecule has 1 aliphatic rings. The minimum atomic E-state index is -0.786. The fourth-order valence-electron chi connectivity index (χ4n) is 2.43. The maximum absolute atomic E-state index is 11.7. The highest BCUT2D eigenvalue weighted by atomic mass is 16.4. The van der Waals surface area contributed by atoms with Gasteiger partial charge in [0, 0.05) is 18.5 Å². The first-order valence-electron chi connectivity index (χ1n) is 6.78. The van der Waals surface area contributed by atoms with Gasteiger partial charge in [-0.05, 0) is 38.5 Å². The van der Waals surface area contributed by atoms with Gasteiger partial charge >= 0.3 is 12.0 Å². The van der Waals surface area contributed by atoms with Gasteiger partial charge in [0.25, 0.3) is 0 Å². The van der Waals surface area contributed by atoms with Gasteiger partial charge in [-0.15, -0.1) is 0 Å². The zero-order valence-electron chi connectivity index (χ0n) is 11.2. The Balaban J connectivity index is 2.16. The normalized spacial score (nSPS) is 24.6. The molecule has 3 unspecified atom stereocenters. The Morgan fingerprint density at radius 1 is 1.39 bits per heavy atom. The molecule has 1 rings (SSSR count). The summed E-state index contributed by atoms with van der Waals surface area (Å²) in [5.41, 5.74) is 0. The summed E-state index contributed by atoms with van der Waals surface area (Å²) in [5, 5.41) is 14.4. The van der Waals surface area contributed by atoms with Gasteiger partial charge in [0.05, 0.1) is 0 Å². The van der Waals surface area contributed by atoms with Crippen LogP contribution < -0.4 is 10.6 Å². The number of urea groups is 1.